The predicted octanol–water partition coefficient (Wildman–Crippen LogP) is 1.69. The van der Waals surface area contributed by atoms with Gasteiger partial charge in [0.25, 0.3) is 0 Å². The zero-order valence-corrected chi connectivity index (χ0v) is 15.3. The van der Waals surface area contributed by atoms with Crippen molar-refractivity contribution in [3.8, 4) is 0 Å². The molecular weight excluding hydrogens is 330 g/mol. The van der Waals surface area contributed by atoms with Gasteiger partial charge in [0.05, 0.1) is 6.54 Å². The van der Waals surface area contributed by atoms with Crippen LogP contribution < -0.4 is 10.2 Å². The summed E-state index contributed by atoms with van der Waals surface area (Å²) in [5, 5.41) is 2.93. The molecule has 1 saturated heterocycles. The van der Waals surface area contributed by atoms with Crippen LogP contribution in [0.3, 0.4) is 0 Å². The Hall–Kier alpha value is -2.51. The molecule has 7 nitrogen and oxygen atoms in total. The maximum atomic E-state index is 12.2. The minimum atomic E-state index is 0.0184. The Morgan fingerprint density at radius 2 is 1.88 bits per heavy atom. The number of rotatable bonds is 6. The number of carbonyl (C=O) groups excluding carboxylic acids is 1. The summed E-state index contributed by atoms with van der Waals surface area (Å²) in [5.74, 6) is 1.65. The third kappa shape index (κ3) is 5.00. The Morgan fingerprint density at radius 3 is 2.58 bits per heavy atom. The Labute approximate surface area is 154 Å². The molecule has 1 aliphatic rings. The Balaban J connectivity index is 1.52. The van der Waals surface area contributed by atoms with Gasteiger partial charge < -0.3 is 15.0 Å². The summed E-state index contributed by atoms with van der Waals surface area (Å²) in [6, 6.07) is 11.5. The van der Waals surface area contributed by atoms with Crippen molar-refractivity contribution in [1.82, 2.24) is 14.9 Å². The molecule has 2 aromatic rings. The monoisotopic (exact) mass is 355 g/mol. The molecular formula is C19H25N5O2. The van der Waals surface area contributed by atoms with Gasteiger partial charge in [0.2, 0.25) is 5.91 Å². The van der Waals surface area contributed by atoms with E-state index in [9.17, 15) is 4.79 Å². The Bertz CT molecular complexity index is 730. The van der Waals surface area contributed by atoms with Crippen LogP contribution in [0.15, 0.2) is 36.4 Å². The highest BCUT2D eigenvalue weighted by atomic mass is 16.5. The number of hydrogen-bond donors (Lipinski definition) is 1. The molecule has 1 amide bonds. The molecule has 2 heterocycles. The maximum Gasteiger partial charge on any atom is 0.238 e. The summed E-state index contributed by atoms with van der Waals surface area (Å²) in [7, 11) is 1.64. The maximum absolute atomic E-state index is 12.2. The summed E-state index contributed by atoms with van der Waals surface area (Å²) in [5.41, 5.74) is 1.77. The number of ether oxygens (including phenoxy) is 1. The van der Waals surface area contributed by atoms with E-state index in [4.69, 9.17) is 4.74 Å². The average molecular weight is 355 g/mol. The molecule has 0 spiro atoms. The third-order valence-electron chi connectivity index (χ3n) is 4.28. The van der Waals surface area contributed by atoms with Gasteiger partial charge in [-0.3, -0.25) is 9.69 Å². The number of amides is 1. The summed E-state index contributed by atoms with van der Waals surface area (Å²) < 4.78 is 5.14. The van der Waals surface area contributed by atoms with Gasteiger partial charge >= 0.3 is 0 Å². The number of anilines is 2. The van der Waals surface area contributed by atoms with Crippen molar-refractivity contribution in [2.45, 2.75) is 13.5 Å². The first kappa shape index (κ1) is 18.3. The summed E-state index contributed by atoms with van der Waals surface area (Å²) in [6.07, 6.45) is 0. The van der Waals surface area contributed by atoms with E-state index in [-0.39, 0.29) is 5.91 Å². The molecule has 0 unspecified atom stereocenters. The Kier molecular flexibility index (Phi) is 6.14. The molecule has 1 aromatic heterocycles. The van der Waals surface area contributed by atoms with Gasteiger partial charge in [-0.2, -0.15) is 0 Å². The number of methoxy groups -OCH3 is 1. The number of para-hydroxylation sites is 1. The highest BCUT2D eigenvalue weighted by Gasteiger charge is 2.20. The Morgan fingerprint density at radius 1 is 1.15 bits per heavy atom. The second-order valence-corrected chi connectivity index (χ2v) is 6.39. The van der Waals surface area contributed by atoms with Crippen molar-refractivity contribution in [1.29, 1.82) is 0 Å². The second-order valence-electron chi connectivity index (χ2n) is 6.39. The van der Waals surface area contributed by atoms with Gasteiger partial charge in [0.15, 0.2) is 5.82 Å². The zero-order valence-electron chi connectivity index (χ0n) is 15.3. The number of carbonyl (C=O) groups is 1. The number of aromatic nitrogens is 2. The normalized spacial score (nSPS) is 15.1. The number of benzene rings is 1. The first-order valence-corrected chi connectivity index (χ1v) is 8.80. The fraction of sp³-hybridized carbons (Fsp3) is 0.421. The number of nitrogens with one attached hydrogen (secondary N) is 1. The van der Waals surface area contributed by atoms with Crippen LogP contribution in [-0.2, 0) is 16.1 Å². The van der Waals surface area contributed by atoms with E-state index in [1.54, 1.807) is 7.11 Å². The van der Waals surface area contributed by atoms with Gasteiger partial charge in [0, 0.05) is 50.7 Å². The summed E-state index contributed by atoms with van der Waals surface area (Å²) in [6.45, 7) is 6.10. The molecule has 1 aromatic carbocycles. The predicted molar refractivity (Wildman–Crippen MR) is 101 cm³/mol. The van der Waals surface area contributed by atoms with Crippen LogP contribution in [0.1, 0.15) is 11.5 Å². The molecule has 0 atom stereocenters. The smallest absolute Gasteiger partial charge is 0.238 e. The molecule has 1 N–H and O–H groups in total. The van der Waals surface area contributed by atoms with E-state index in [0.29, 0.717) is 19.0 Å². The molecule has 3 rings (SSSR count). The van der Waals surface area contributed by atoms with E-state index in [1.807, 2.05) is 43.3 Å². The van der Waals surface area contributed by atoms with Gasteiger partial charge in [-0.15, -0.1) is 0 Å². The molecule has 0 bridgehead atoms. The molecule has 1 aliphatic heterocycles. The first-order chi connectivity index (χ1) is 12.6. The molecule has 0 saturated carbocycles. The number of piperazine rings is 1. The van der Waals surface area contributed by atoms with Crippen LogP contribution in [-0.4, -0.2) is 60.6 Å². The minimum absolute atomic E-state index is 0.0184. The van der Waals surface area contributed by atoms with Gasteiger partial charge in [-0.25, -0.2) is 9.97 Å². The quantitative estimate of drug-likeness (QED) is 0.850. The zero-order chi connectivity index (χ0) is 18.4. The third-order valence-corrected chi connectivity index (χ3v) is 4.28. The van der Waals surface area contributed by atoms with Crippen LogP contribution in [0.25, 0.3) is 0 Å². The fourth-order valence-electron chi connectivity index (χ4n) is 3.03. The largest absolute Gasteiger partial charge is 0.377 e. The molecule has 1 fully saturated rings. The van der Waals surface area contributed by atoms with Crippen molar-refractivity contribution in [2.24, 2.45) is 0 Å². The summed E-state index contributed by atoms with van der Waals surface area (Å²) >= 11 is 0. The molecule has 0 aliphatic carbocycles. The van der Waals surface area contributed by atoms with E-state index in [1.165, 1.54) is 0 Å². The van der Waals surface area contributed by atoms with E-state index < -0.39 is 0 Å². The lowest BCUT2D eigenvalue weighted by atomic mass is 10.3. The molecule has 26 heavy (non-hydrogen) atoms. The van der Waals surface area contributed by atoms with Crippen LogP contribution >= 0.6 is 0 Å². The highest BCUT2D eigenvalue weighted by Crippen LogP contribution is 2.15. The van der Waals surface area contributed by atoms with Gasteiger partial charge in [0.1, 0.15) is 12.4 Å². The van der Waals surface area contributed by atoms with Crippen LogP contribution in [0.2, 0.25) is 0 Å². The lowest BCUT2D eigenvalue weighted by Gasteiger charge is -2.35. The van der Waals surface area contributed by atoms with Gasteiger partial charge in [-0.1, -0.05) is 18.2 Å². The SMILES string of the molecule is COCc1nc(C)cc(N2CCN(CC(=O)Nc3ccccc3)CC2)n1. The van der Waals surface area contributed by atoms with Crippen molar-refractivity contribution in [3.05, 3.63) is 47.9 Å². The second kappa shape index (κ2) is 8.73. The molecule has 0 radical (unpaired) electrons. The number of aryl methyl sites for hydroxylation is 1. The van der Waals surface area contributed by atoms with Crippen molar-refractivity contribution in [3.63, 3.8) is 0 Å². The molecule has 7 heteroatoms. The van der Waals surface area contributed by atoms with Crippen molar-refractivity contribution in [2.75, 3.05) is 50.1 Å². The van der Waals surface area contributed by atoms with E-state index >= 15 is 0 Å². The average Bonchev–Trinajstić information content (AvgIpc) is 2.63. The lowest BCUT2D eigenvalue weighted by Crippen LogP contribution is -2.49. The summed E-state index contributed by atoms with van der Waals surface area (Å²) in [4.78, 5) is 25.6. The number of hydrogen-bond acceptors (Lipinski definition) is 6. The van der Waals surface area contributed by atoms with Gasteiger partial charge in [-0.05, 0) is 19.1 Å². The first-order valence-electron chi connectivity index (χ1n) is 8.80. The van der Waals surface area contributed by atoms with Crippen molar-refractivity contribution >= 4 is 17.4 Å². The number of nitrogens with zero attached hydrogens (tertiary/aromatic N) is 4. The standard InChI is InChI=1S/C19H25N5O2/c1-15-12-18(22-17(20-15)14-26-2)24-10-8-23(9-11-24)13-19(25)21-16-6-4-3-5-7-16/h3-7,12H,8-11,13-14H2,1-2H3,(H,21,25). The lowest BCUT2D eigenvalue weighted by molar-refractivity contribution is -0.117. The van der Waals surface area contributed by atoms with E-state index in [2.05, 4.69) is 25.1 Å². The van der Waals surface area contributed by atoms with E-state index in [0.717, 1.165) is 43.4 Å². The fourth-order valence-corrected chi connectivity index (χ4v) is 3.03. The highest BCUT2D eigenvalue weighted by molar-refractivity contribution is 5.92. The van der Waals surface area contributed by atoms with Crippen LogP contribution in [0.5, 0.6) is 0 Å². The van der Waals surface area contributed by atoms with Crippen LogP contribution in [0, 0.1) is 6.92 Å². The minimum Gasteiger partial charge on any atom is -0.377 e. The van der Waals surface area contributed by atoms with Crippen LogP contribution in [0.4, 0.5) is 11.5 Å². The van der Waals surface area contributed by atoms with Crippen molar-refractivity contribution < 1.29 is 9.53 Å². The molecule has 138 valence electrons. The topological polar surface area (TPSA) is 70.6 Å².